The molecule has 0 spiro atoms. The van der Waals surface area contributed by atoms with Crippen LogP contribution in [0, 0.1) is 5.82 Å². The largest absolute Gasteiger partial charge is 0.493 e. The van der Waals surface area contributed by atoms with Crippen molar-refractivity contribution in [1.29, 1.82) is 0 Å². The molecule has 7 heteroatoms. The van der Waals surface area contributed by atoms with Crippen LogP contribution in [0.3, 0.4) is 0 Å². The van der Waals surface area contributed by atoms with Crippen molar-refractivity contribution in [3.8, 4) is 5.75 Å². The maximum atomic E-state index is 12.9. The number of para-hydroxylation sites is 1. The van der Waals surface area contributed by atoms with Gasteiger partial charge in [-0.25, -0.2) is 9.37 Å². The fourth-order valence-electron chi connectivity index (χ4n) is 2.65. The van der Waals surface area contributed by atoms with Crippen molar-refractivity contribution in [3.63, 3.8) is 0 Å². The first-order chi connectivity index (χ1) is 13.2. The number of halogens is 1. The van der Waals surface area contributed by atoms with Crippen molar-refractivity contribution >= 4 is 22.7 Å². The lowest BCUT2D eigenvalue weighted by Crippen LogP contribution is -2.24. The number of thioether (sulfide) groups is 1. The second-order valence-electron chi connectivity index (χ2n) is 5.87. The van der Waals surface area contributed by atoms with Gasteiger partial charge in [0.05, 0.1) is 17.5 Å². The number of ether oxygens (including phenoxy) is 2. The summed E-state index contributed by atoms with van der Waals surface area (Å²) in [5, 5.41) is 1.28. The van der Waals surface area contributed by atoms with Crippen LogP contribution >= 0.6 is 11.8 Å². The van der Waals surface area contributed by atoms with Crippen molar-refractivity contribution in [1.82, 2.24) is 9.55 Å². The van der Waals surface area contributed by atoms with Gasteiger partial charge in [-0.15, -0.1) is 0 Å². The SMILES string of the molecule is COCCCn1c(SCCOc2ccc(F)cc2)nc2ccccc2c1=O. The average Bonchev–Trinajstić information content (AvgIpc) is 2.69. The van der Waals surface area contributed by atoms with Gasteiger partial charge in [0.15, 0.2) is 5.16 Å². The summed E-state index contributed by atoms with van der Waals surface area (Å²) in [4.78, 5) is 17.5. The summed E-state index contributed by atoms with van der Waals surface area (Å²) in [5.74, 6) is 0.935. The third-order valence-electron chi connectivity index (χ3n) is 3.95. The Labute approximate surface area is 161 Å². The molecule has 0 atom stereocenters. The molecule has 0 N–H and O–H groups in total. The van der Waals surface area contributed by atoms with E-state index in [0.717, 1.165) is 6.42 Å². The van der Waals surface area contributed by atoms with Crippen molar-refractivity contribution in [2.45, 2.75) is 18.1 Å². The monoisotopic (exact) mass is 388 g/mol. The number of nitrogens with zero attached hydrogens (tertiary/aromatic N) is 2. The Kier molecular flexibility index (Phi) is 6.84. The third kappa shape index (κ3) is 5.08. The Balaban J connectivity index is 1.72. The first kappa shape index (κ1) is 19.4. The minimum absolute atomic E-state index is 0.0429. The number of hydrogen-bond acceptors (Lipinski definition) is 5. The zero-order valence-corrected chi connectivity index (χ0v) is 15.9. The third-order valence-corrected chi connectivity index (χ3v) is 4.89. The summed E-state index contributed by atoms with van der Waals surface area (Å²) in [7, 11) is 1.64. The number of hydrogen-bond donors (Lipinski definition) is 0. The molecule has 0 aliphatic rings. The van der Waals surface area contributed by atoms with Gasteiger partial charge in [-0.1, -0.05) is 23.9 Å². The lowest BCUT2D eigenvalue weighted by molar-refractivity contribution is 0.189. The van der Waals surface area contributed by atoms with Crippen LogP contribution in [0.25, 0.3) is 10.9 Å². The average molecular weight is 388 g/mol. The van der Waals surface area contributed by atoms with E-state index in [0.29, 0.717) is 47.3 Å². The van der Waals surface area contributed by atoms with Crippen molar-refractivity contribution in [2.24, 2.45) is 0 Å². The summed E-state index contributed by atoms with van der Waals surface area (Å²) < 4.78 is 25.3. The molecule has 0 unspecified atom stereocenters. The Morgan fingerprint density at radius 3 is 2.67 bits per heavy atom. The summed E-state index contributed by atoms with van der Waals surface area (Å²) in [6.45, 7) is 1.56. The van der Waals surface area contributed by atoms with Gasteiger partial charge >= 0.3 is 0 Å². The standard InChI is InChI=1S/C20H21FN2O3S/c1-25-12-4-11-23-19(24)17-5-2-3-6-18(17)22-20(23)27-14-13-26-16-9-7-15(21)8-10-16/h2-3,5-10H,4,11-14H2,1H3. The van der Waals surface area contributed by atoms with Crippen LogP contribution < -0.4 is 10.3 Å². The molecule has 1 heterocycles. The zero-order valence-electron chi connectivity index (χ0n) is 15.1. The summed E-state index contributed by atoms with van der Waals surface area (Å²) in [5.41, 5.74) is 0.645. The van der Waals surface area contributed by atoms with Crippen LogP contribution in [0.2, 0.25) is 0 Å². The van der Waals surface area contributed by atoms with Crippen LogP contribution in [-0.4, -0.2) is 35.6 Å². The van der Waals surface area contributed by atoms with E-state index in [1.165, 1.54) is 23.9 Å². The molecule has 2 aromatic carbocycles. The highest BCUT2D eigenvalue weighted by Crippen LogP contribution is 2.19. The zero-order chi connectivity index (χ0) is 19.1. The van der Waals surface area contributed by atoms with Gasteiger partial charge in [-0.3, -0.25) is 9.36 Å². The molecular formula is C20H21FN2O3S. The molecule has 1 aromatic heterocycles. The van der Waals surface area contributed by atoms with Gasteiger partial charge in [-0.05, 0) is 42.8 Å². The Hall–Kier alpha value is -2.38. The summed E-state index contributed by atoms with van der Waals surface area (Å²) >= 11 is 1.47. The minimum Gasteiger partial charge on any atom is -0.493 e. The number of benzene rings is 2. The van der Waals surface area contributed by atoms with Gasteiger partial charge in [0, 0.05) is 26.0 Å². The molecule has 0 fully saturated rings. The van der Waals surface area contributed by atoms with E-state index in [1.807, 2.05) is 18.2 Å². The van der Waals surface area contributed by atoms with E-state index in [1.54, 1.807) is 29.9 Å². The molecule has 3 rings (SSSR count). The molecule has 0 aliphatic carbocycles. The highest BCUT2D eigenvalue weighted by molar-refractivity contribution is 7.99. The predicted octanol–water partition coefficient (Wildman–Crippen LogP) is 3.74. The number of fused-ring (bicyclic) bond motifs is 1. The first-order valence-corrected chi connectivity index (χ1v) is 9.67. The Morgan fingerprint density at radius 1 is 1.11 bits per heavy atom. The van der Waals surface area contributed by atoms with E-state index in [4.69, 9.17) is 9.47 Å². The van der Waals surface area contributed by atoms with Gasteiger partial charge in [0.2, 0.25) is 0 Å². The maximum absolute atomic E-state index is 12.9. The Bertz CT molecular complexity index is 944. The van der Waals surface area contributed by atoms with Crippen LogP contribution in [0.15, 0.2) is 58.5 Å². The smallest absolute Gasteiger partial charge is 0.262 e. The normalized spacial score (nSPS) is 11.0. The van der Waals surface area contributed by atoms with Gasteiger partial charge < -0.3 is 9.47 Å². The number of methoxy groups -OCH3 is 1. The van der Waals surface area contributed by atoms with Crippen LogP contribution in [-0.2, 0) is 11.3 Å². The second-order valence-corrected chi connectivity index (χ2v) is 6.93. The predicted molar refractivity (Wildman–Crippen MR) is 105 cm³/mol. The van der Waals surface area contributed by atoms with Crippen LogP contribution in [0.5, 0.6) is 5.75 Å². The highest BCUT2D eigenvalue weighted by Gasteiger charge is 2.11. The first-order valence-electron chi connectivity index (χ1n) is 8.69. The summed E-state index contributed by atoms with van der Waals surface area (Å²) in [6.07, 6.45) is 0.732. The Morgan fingerprint density at radius 2 is 1.89 bits per heavy atom. The summed E-state index contributed by atoms with van der Waals surface area (Å²) in [6, 6.07) is 13.3. The lowest BCUT2D eigenvalue weighted by Gasteiger charge is -2.13. The minimum atomic E-state index is -0.294. The second kappa shape index (κ2) is 9.53. The van der Waals surface area contributed by atoms with E-state index >= 15 is 0 Å². The molecule has 0 aliphatic heterocycles. The topological polar surface area (TPSA) is 53.4 Å². The quantitative estimate of drug-likeness (QED) is 0.318. The molecule has 0 amide bonds. The van der Waals surface area contributed by atoms with Gasteiger partial charge in [-0.2, -0.15) is 0 Å². The van der Waals surface area contributed by atoms with Crippen molar-refractivity contribution < 1.29 is 13.9 Å². The number of rotatable bonds is 9. The van der Waals surface area contributed by atoms with E-state index in [9.17, 15) is 9.18 Å². The highest BCUT2D eigenvalue weighted by atomic mass is 32.2. The molecule has 5 nitrogen and oxygen atoms in total. The fourth-order valence-corrected chi connectivity index (χ4v) is 3.49. The molecule has 27 heavy (non-hydrogen) atoms. The molecule has 0 saturated heterocycles. The maximum Gasteiger partial charge on any atom is 0.262 e. The van der Waals surface area contributed by atoms with Crippen molar-refractivity contribution in [3.05, 3.63) is 64.7 Å². The molecular weight excluding hydrogens is 367 g/mol. The van der Waals surface area contributed by atoms with Crippen molar-refractivity contribution in [2.75, 3.05) is 26.1 Å². The van der Waals surface area contributed by atoms with E-state index in [2.05, 4.69) is 4.98 Å². The van der Waals surface area contributed by atoms with Gasteiger partial charge in [0.25, 0.3) is 5.56 Å². The lowest BCUT2D eigenvalue weighted by atomic mass is 10.2. The fraction of sp³-hybridized carbons (Fsp3) is 0.300. The van der Waals surface area contributed by atoms with E-state index < -0.39 is 0 Å². The van der Waals surface area contributed by atoms with Gasteiger partial charge in [0.1, 0.15) is 11.6 Å². The van der Waals surface area contributed by atoms with Crippen LogP contribution in [0.1, 0.15) is 6.42 Å². The molecule has 3 aromatic rings. The van der Waals surface area contributed by atoms with E-state index in [-0.39, 0.29) is 11.4 Å². The molecule has 0 radical (unpaired) electrons. The molecule has 0 saturated carbocycles. The molecule has 142 valence electrons. The number of aromatic nitrogens is 2. The van der Waals surface area contributed by atoms with Crippen LogP contribution in [0.4, 0.5) is 4.39 Å². The molecule has 0 bridgehead atoms.